The fourth-order valence-corrected chi connectivity index (χ4v) is 3.86. The predicted molar refractivity (Wildman–Crippen MR) is 94.8 cm³/mol. The maximum atomic E-state index is 12.7. The zero-order valence-corrected chi connectivity index (χ0v) is 14.8. The maximum absolute atomic E-state index is 12.7. The van der Waals surface area contributed by atoms with Gasteiger partial charge in [-0.05, 0) is 37.4 Å². The van der Waals surface area contributed by atoms with E-state index in [1.165, 1.54) is 11.3 Å². The maximum Gasteiger partial charge on any atom is 0.243 e. The Morgan fingerprint density at radius 3 is 3.12 bits per heavy atom. The van der Waals surface area contributed by atoms with Crippen LogP contribution in [0, 0.1) is 0 Å². The van der Waals surface area contributed by atoms with E-state index < -0.39 is 0 Å². The first-order valence-electron chi connectivity index (χ1n) is 8.52. The van der Waals surface area contributed by atoms with Crippen LogP contribution in [0.25, 0.3) is 0 Å². The number of aromatic nitrogens is 3. The number of hydrogen-bond donors (Lipinski definition) is 1. The fraction of sp³-hybridized carbons (Fsp3) is 0.529. The predicted octanol–water partition coefficient (Wildman–Crippen LogP) is 2.88. The highest BCUT2D eigenvalue weighted by molar-refractivity contribution is 7.15. The largest absolute Gasteiger partial charge is 0.299 e. The van der Waals surface area contributed by atoms with Gasteiger partial charge in [-0.25, -0.2) is 0 Å². The minimum atomic E-state index is -0.113. The molecular weight excluding hydrogens is 322 g/mol. The number of hydrogen-bond acceptors (Lipinski definition) is 6. The van der Waals surface area contributed by atoms with Gasteiger partial charge in [-0.3, -0.25) is 20.0 Å². The topological polar surface area (TPSA) is 71.0 Å². The number of amides is 1. The molecule has 0 aliphatic carbocycles. The van der Waals surface area contributed by atoms with Crippen LogP contribution >= 0.6 is 11.3 Å². The fourth-order valence-electron chi connectivity index (χ4n) is 3.01. The molecule has 1 saturated heterocycles. The SMILES string of the molecule is CCCc1nnc(NC(=O)[C@@H]2CCCCN2Cc2cccnc2)s1. The lowest BCUT2D eigenvalue weighted by molar-refractivity contribution is -0.122. The molecule has 24 heavy (non-hydrogen) atoms. The van der Waals surface area contributed by atoms with Crippen LogP contribution in [0.1, 0.15) is 43.2 Å². The third kappa shape index (κ3) is 4.36. The number of likely N-dealkylation sites (tertiary alicyclic amines) is 1. The molecular formula is C17H23N5OS. The number of carbonyl (C=O) groups is 1. The van der Waals surface area contributed by atoms with Crippen LogP contribution in [0.4, 0.5) is 5.13 Å². The lowest BCUT2D eigenvalue weighted by Crippen LogP contribution is -2.46. The van der Waals surface area contributed by atoms with Crippen molar-refractivity contribution in [3.63, 3.8) is 0 Å². The number of anilines is 1. The monoisotopic (exact) mass is 345 g/mol. The van der Waals surface area contributed by atoms with Gasteiger partial charge in [-0.2, -0.15) is 0 Å². The van der Waals surface area contributed by atoms with Crippen molar-refractivity contribution in [3.05, 3.63) is 35.1 Å². The van der Waals surface area contributed by atoms with E-state index in [4.69, 9.17) is 0 Å². The second kappa shape index (κ2) is 8.30. The van der Waals surface area contributed by atoms with Crippen molar-refractivity contribution < 1.29 is 4.79 Å². The highest BCUT2D eigenvalue weighted by Crippen LogP contribution is 2.22. The Morgan fingerprint density at radius 1 is 1.42 bits per heavy atom. The van der Waals surface area contributed by atoms with Gasteiger partial charge >= 0.3 is 0 Å². The molecule has 1 amide bonds. The van der Waals surface area contributed by atoms with Crippen LogP contribution in [0.3, 0.4) is 0 Å². The molecule has 2 aromatic rings. The number of rotatable bonds is 6. The van der Waals surface area contributed by atoms with E-state index in [1.54, 1.807) is 6.20 Å². The Labute approximate surface area is 146 Å². The van der Waals surface area contributed by atoms with Crippen LogP contribution in [-0.2, 0) is 17.8 Å². The standard InChI is InChI=1S/C17H23N5OS/c1-2-6-15-20-21-17(24-15)19-16(23)14-8-3-4-10-22(14)12-13-7-5-9-18-11-13/h5,7,9,11,14H,2-4,6,8,10,12H2,1H3,(H,19,21,23)/t14-/m0/s1. The van der Waals surface area contributed by atoms with E-state index in [2.05, 4.69) is 38.4 Å². The number of carbonyl (C=O) groups excluding carboxylic acids is 1. The molecule has 3 rings (SSSR count). The van der Waals surface area contributed by atoms with Gasteiger partial charge in [0.1, 0.15) is 5.01 Å². The molecule has 1 aliphatic rings. The highest BCUT2D eigenvalue weighted by atomic mass is 32.1. The first-order chi connectivity index (χ1) is 11.8. The summed E-state index contributed by atoms with van der Waals surface area (Å²) in [4.78, 5) is 19.1. The van der Waals surface area contributed by atoms with Crippen molar-refractivity contribution in [3.8, 4) is 0 Å². The summed E-state index contributed by atoms with van der Waals surface area (Å²) < 4.78 is 0. The van der Waals surface area contributed by atoms with E-state index in [0.29, 0.717) is 5.13 Å². The molecule has 128 valence electrons. The molecule has 1 atom stereocenters. The van der Waals surface area contributed by atoms with Crippen LogP contribution in [0.5, 0.6) is 0 Å². The van der Waals surface area contributed by atoms with Crippen LogP contribution in [0.15, 0.2) is 24.5 Å². The summed E-state index contributed by atoms with van der Waals surface area (Å²) in [5.74, 6) is 0.0257. The normalized spacial score (nSPS) is 18.5. The van der Waals surface area contributed by atoms with Gasteiger partial charge in [0, 0.05) is 25.4 Å². The molecule has 0 unspecified atom stereocenters. The molecule has 1 aliphatic heterocycles. The minimum Gasteiger partial charge on any atom is -0.299 e. The minimum absolute atomic E-state index is 0.0257. The first-order valence-corrected chi connectivity index (χ1v) is 9.34. The van der Waals surface area contributed by atoms with Crippen molar-refractivity contribution in [2.45, 2.75) is 51.6 Å². The summed E-state index contributed by atoms with van der Waals surface area (Å²) in [6, 6.07) is 3.88. The average molecular weight is 345 g/mol. The van der Waals surface area contributed by atoms with Gasteiger partial charge < -0.3 is 0 Å². The van der Waals surface area contributed by atoms with Crippen LogP contribution in [-0.4, -0.2) is 38.6 Å². The Bertz CT molecular complexity index is 660. The van der Waals surface area contributed by atoms with Gasteiger partial charge in [-0.1, -0.05) is 30.7 Å². The molecule has 7 heteroatoms. The molecule has 0 spiro atoms. The summed E-state index contributed by atoms with van der Waals surface area (Å²) in [6.07, 6.45) is 8.67. The number of nitrogens with zero attached hydrogens (tertiary/aromatic N) is 4. The number of pyridine rings is 1. The van der Waals surface area contributed by atoms with E-state index in [0.717, 1.165) is 55.8 Å². The average Bonchev–Trinajstić information content (AvgIpc) is 3.03. The molecule has 1 fully saturated rings. The quantitative estimate of drug-likeness (QED) is 0.872. The summed E-state index contributed by atoms with van der Waals surface area (Å²) in [5, 5.41) is 12.7. The summed E-state index contributed by atoms with van der Waals surface area (Å²) in [5.41, 5.74) is 1.14. The van der Waals surface area contributed by atoms with Crippen molar-refractivity contribution in [2.24, 2.45) is 0 Å². The third-order valence-corrected chi connectivity index (χ3v) is 5.08. The van der Waals surface area contributed by atoms with Crippen molar-refractivity contribution >= 4 is 22.4 Å². The number of piperidine rings is 1. The third-order valence-electron chi connectivity index (χ3n) is 4.19. The molecule has 0 bridgehead atoms. The zero-order chi connectivity index (χ0) is 16.8. The number of nitrogens with one attached hydrogen (secondary N) is 1. The molecule has 0 aromatic carbocycles. The second-order valence-corrected chi connectivity index (χ2v) is 7.15. The molecule has 3 heterocycles. The van der Waals surface area contributed by atoms with Crippen molar-refractivity contribution in [1.29, 1.82) is 0 Å². The van der Waals surface area contributed by atoms with Gasteiger partial charge in [-0.15, -0.1) is 10.2 Å². The van der Waals surface area contributed by atoms with Gasteiger partial charge in [0.2, 0.25) is 11.0 Å². The van der Waals surface area contributed by atoms with Crippen LogP contribution < -0.4 is 5.32 Å². The second-order valence-electron chi connectivity index (χ2n) is 6.08. The Kier molecular flexibility index (Phi) is 5.87. The van der Waals surface area contributed by atoms with Crippen molar-refractivity contribution in [2.75, 3.05) is 11.9 Å². The Hall–Kier alpha value is -1.86. The zero-order valence-electron chi connectivity index (χ0n) is 13.9. The van der Waals surface area contributed by atoms with Gasteiger partial charge in [0.15, 0.2) is 0 Å². The highest BCUT2D eigenvalue weighted by Gasteiger charge is 2.29. The van der Waals surface area contributed by atoms with Crippen LogP contribution in [0.2, 0.25) is 0 Å². The van der Waals surface area contributed by atoms with E-state index >= 15 is 0 Å². The molecule has 6 nitrogen and oxygen atoms in total. The van der Waals surface area contributed by atoms with Gasteiger partial charge in [0.25, 0.3) is 0 Å². The molecule has 1 N–H and O–H groups in total. The smallest absolute Gasteiger partial charge is 0.243 e. The van der Waals surface area contributed by atoms with Gasteiger partial charge in [0.05, 0.1) is 6.04 Å². The Balaban J connectivity index is 1.64. The summed E-state index contributed by atoms with van der Waals surface area (Å²) in [7, 11) is 0. The molecule has 0 saturated carbocycles. The van der Waals surface area contributed by atoms with E-state index in [1.807, 2.05) is 12.3 Å². The first kappa shape index (κ1) is 17.0. The number of aryl methyl sites for hydroxylation is 1. The Morgan fingerprint density at radius 2 is 2.33 bits per heavy atom. The molecule has 2 aromatic heterocycles. The van der Waals surface area contributed by atoms with E-state index in [9.17, 15) is 4.79 Å². The lowest BCUT2D eigenvalue weighted by atomic mass is 10.0. The molecule has 0 radical (unpaired) electrons. The lowest BCUT2D eigenvalue weighted by Gasteiger charge is -2.34. The van der Waals surface area contributed by atoms with E-state index in [-0.39, 0.29) is 11.9 Å². The summed E-state index contributed by atoms with van der Waals surface area (Å²) >= 11 is 1.47. The summed E-state index contributed by atoms with van der Waals surface area (Å²) in [6.45, 7) is 3.80. The van der Waals surface area contributed by atoms with Crippen molar-refractivity contribution in [1.82, 2.24) is 20.1 Å².